The van der Waals surface area contributed by atoms with Gasteiger partial charge in [-0.2, -0.15) is 0 Å². The van der Waals surface area contributed by atoms with Gasteiger partial charge < -0.3 is 14.6 Å². The van der Waals surface area contributed by atoms with Crippen molar-refractivity contribution in [2.75, 3.05) is 13.7 Å². The van der Waals surface area contributed by atoms with Gasteiger partial charge in [-0.15, -0.1) is 0 Å². The highest BCUT2D eigenvalue weighted by Gasteiger charge is 2.34. The molecule has 0 radical (unpaired) electrons. The summed E-state index contributed by atoms with van der Waals surface area (Å²) in [7, 11) is 1.69. The summed E-state index contributed by atoms with van der Waals surface area (Å²) in [5.74, 6) is 2.16. The Balaban J connectivity index is 1.85. The monoisotopic (exact) mass is 400 g/mol. The van der Waals surface area contributed by atoms with Crippen LogP contribution in [0.25, 0.3) is 11.8 Å². The predicted molar refractivity (Wildman–Crippen MR) is 122 cm³/mol. The zero-order valence-corrected chi connectivity index (χ0v) is 17.8. The molecule has 3 aromatic carbocycles. The molecule has 0 aliphatic heterocycles. The van der Waals surface area contributed by atoms with E-state index in [1.165, 1.54) is 16.7 Å². The van der Waals surface area contributed by atoms with Crippen LogP contribution in [0.3, 0.4) is 0 Å². The van der Waals surface area contributed by atoms with Crippen molar-refractivity contribution in [2.45, 2.75) is 32.1 Å². The van der Waals surface area contributed by atoms with E-state index in [0.717, 1.165) is 28.4 Å². The molecule has 1 N–H and O–H groups in total. The van der Waals surface area contributed by atoms with Gasteiger partial charge in [0, 0.05) is 17.1 Å². The van der Waals surface area contributed by atoms with E-state index in [1.54, 1.807) is 7.11 Å². The van der Waals surface area contributed by atoms with Crippen LogP contribution in [0.5, 0.6) is 11.5 Å². The van der Waals surface area contributed by atoms with Crippen LogP contribution in [0.2, 0.25) is 0 Å². The number of aryl methyl sites for hydroxylation is 1. The third kappa shape index (κ3) is 3.80. The molecular weight excluding hydrogens is 372 g/mol. The SMILES string of the molecule is CCOc1ccc(C2(Cc3ccc(OC)cc3C)C=c3ccccc3=C(O)C2)cc1. The maximum atomic E-state index is 11.0. The largest absolute Gasteiger partial charge is 0.512 e. The second kappa shape index (κ2) is 8.27. The van der Waals surface area contributed by atoms with Gasteiger partial charge in [-0.3, -0.25) is 0 Å². The van der Waals surface area contributed by atoms with Gasteiger partial charge in [0.15, 0.2) is 0 Å². The van der Waals surface area contributed by atoms with E-state index in [4.69, 9.17) is 9.47 Å². The van der Waals surface area contributed by atoms with Gasteiger partial charge in [-0.05, 0) is 66.4 Å². The number of rotatable bonds is 6. The summed E-state index contributed by atoms with van der Waals surface area (Å²) in [4.78, 5) is 0. The van der Waals surface area contributed by atoms with Crippen molar-refractivity contribution in [3.8, 4) is 11.5 Å². The average Bonchev–Trinajstić information content (AvgIpc) is 2.76. The lowest BCUT2D eigenvalue weighted by molar-refractivity contribution is 0.340. The van der Waals surface area contributed by atoms with E-state index in [1.807, 2.05) is 43.3 Å². The molecule has 0 bridgehead atoms. The summed E-state index contributed by atoms with van der Waals surface area (Å²) in [6.07, 6.45) is 3.67. The first-order valence-electron chi connectivity index (χ1n) is 10.4. The third-order valence-corrected chi connectivity index (χ3v) is 5.98. The third-order valence-electron chi connectivity index (χ3n) is 5.98. The Bertz CT molecular complexity index is 1160. The van der Waals surface area contributed by atoms with Crippen molar-refractivity contribution in [3.63, 3.8) is 0 Å². The summed E-state index contributed by atoms with van der Waals surface area (Å²) in [6, 6.07) is 22.6. The van der Waals surface area contributed by atoms with Crippen molar-refractivity contribution in [3.05, 3.63) is 93.9 Å². The molecule has 0 heterocycles. The minimum Gasteiger partial charge on any atom is -0.512 e. The molecule has 3 nitrogen and oxygen atoms in total. The van der Waals surface area contributed by atoms with Crippen molar-refractivity contribution in [1.82, 2.24) is 0 Å². The molecule has 1 aliphatic rings. The number of fused-ring (bicyclic) bond motifs is 1. The lowest BCUT2D eigenvalue weighted by Crippen LogP contribution is -2.40. The number of methoxy groups -OCH3 is 1. The lowest BCUT2D eigenvalue weighted by Gasteiger charge is -2.34. The Hall–Kier alpha value is -3.20. The molecule has 3 aromatic rings. The summed E-state index contributed by atoms with van der Waals surface area (Å²) in [6.45, 7) is 4.74. The fourth-order valence-electron chi connectivity index (χ4n) is 4.41. The molecule has 1 aliphatic carbocycles. The Morgan fingerprint density at radius 3 is 2.40 bits per heavy atom. The van der Waals surface area contributed by atoms with E-state index >= 15 is 0 Å². The summed E-state index contributed by atoms with van der Waals surface area (Å²) < 4.78 is 11.0. The first kappa shape index (κ1) is 20.1. The van der Waals surface area contributed by atoms with E-state index in [-0.39, 0.29) is 5.41 Å². The van der Waals surface area contributed by atoms with Crippen LogP contribution in [-0.2, 0) is 11.8 Å². The van der Waals surface area contributed by atoms with Gasteiger partial charge in [0.25, 0.3) is 0 Å². The number of hydrogen-bond acceptors (Lipinski definition) is 3. The quantitative estimate of drug-likeness (QED) is 0.665. The molecule has 30 heavy (non-hydrogen) atoms. The molecule has 1 atom stereocenters. The first-order chi connectivity index (χ1) is 14.5. The van der Waals surface area contributed by atoms with Crippen molar-refractivity contribution in [2.24, 2.45) is 0 Å². The smallest absolute Gasteiger partial charge is 0.119 e. The van der Waals surface area contributed by atoms with Gasteiger partial charge in [0.05, 0.1) is 13.7 Å². The van der Waals surface area contributed by atoms with Gasteiger partial charge in [0.2, 0.25) is 0 Å². The fraction of sp³-hybridized carbons (Fsp3) is 0.259. The number of aliphatic hydroxyl groups excluding tert-OH is 1. The van der Waals surface area contributed by atoms with Crippen LogP contribution >= 0.6 is 0 Å². The van der Waals surface area contributed by atoms with Gasteiger partial charge >= 0.3 is 0 Å². The molecule has 1 unspecified atom stereocenters. The first-order valence-corrected chi connectivity index (χ1v) is 10.4. The van der Waals surface area contributed by atoms with Gasteiger partial charge in [-0.25, -0.2) is 0 Å². The molecule has 0 aromatic heterocycles. The standard InChI is InChI=1S/C27H28O3/c1-4-30-23-13-10-22(11-14-23)27(16-20-9-12-24(29-3)15-19(20)2)17-21-7-5-6-8-25(21)26(28)18-27/h5-15,17,28H,4,16,18H2,1-3H3. The van der Waals surface area contributed by atoms with Crippen molar-refractivity contribution >= 4 is 11.8 Å². The van der Waals surface area contributed by atoms with Crippen molar-refractivity contribution < 1.29 is 14.6 Å². The maximum Gasteiger partial charge on any atom is 0.119 e. The number of ether oxygens (including phenoxy) is 2. The summed E-state index contributed by atoms with van der Waals surface area (Å²) in [5.41, 5.74) is 3.25. The molecule has 0 saturated carbocycles. The molecular formula is C27H28O3. The number of aliphatic hydroxyl groups is 1. The Morgan fingerprint density at radius 1 is 0.967 bits per heavy atom. The Morgan fingerprint density at radius 2 is 1.70 bits per heavy atom. The Kier molecular flexibility index (Phi) is 5.54. The predicted octanol–water partition coefficient (Wildman–Crippen LogP) is 4.43. The Labute approximate surface area is 177 Å². The zero-order chi connectivity index (χ0) is 21.1. The highest BCUT2D eigenvalue weighted by atomic mass is 16.5. The second-order valence-corrected chi connectivity index (χ2v) is 7.94. The summed E-state index contributed by atoms with van der Waals surface area (Å²) in [5, 5.41) is 13.0. The molecule has 3 heteroatoms. The average molecular weight is 401 g/mol. The lowest BCUT2D eigenvalue weighted by atomic mass is 9.69. The number of hydrogen-bond donors (Lipinski definition) is 1. The number of benzene rings is 3. The van der Waals surface area contributed by atoms with E-state index in [2.05, 4.69) is 43.3 Å². The van der Waals surface area contributed by atoms with E-state index in [9.17, 15) is 5.11 Å². The van der Waals surface area contributed by atoms with E-state index in [0.29, 0.717) is 18.8 Å². The van der Waals surface area contributed by atoms with Gasteiger partial charge in [-0.1, -0.05) is 48.5 Å². The molecule has 0 amide bonds. The molecule has 0 spiro atoms. The van der Waals surface area contributed by atoms with Crippen LogP contribution in [0.15, 0.2) is 66.7 Å². The highest BCUT2D eigenvalue weighted by Crippen LogP contribution is 2.39. The second-order valence-electron chi connectivity index (χ2n) is 7.94. The molecule has 4 rings (SSSR count). The summed E-state index contributed by atoms with van der Waals surface area (Å²) >= 11 is 0. The van der Waals surface area contributed by atoms with Crippen LogP contribution in [0, 0.1) is 6.92 Å². The molecule has 0 saturated heterocycles. The van der Waals surface area contributed by atoms with Crippen LogP contribution in [-0.4, -0.2) is 18.8 Å². The molecule has 154 valence electrons. The highest BCUT2D eigenvalue weighted by molar-refractivity contribution is 5.59. The van der Waals surface area contributed by atoms with Gasteiger partial charge in [0.1, 0.15) is 17.3 Å². The van der Waals surface area contributed by atoms with Crippen LogP contribution in [0.1, 0.15) is 30.0 Å². The van der Waals surface area contributed by atoms with Crippen LogP contribution < -0.4 is 19.9 Å². The minimum absolute atomic E-state index is 0.345. The zero-order valence-electron chi connectivity index (χ0n) is 17.8. The van der Waals surface area contributed by atoms with Crippen LogP contribution in [0.4, 0.5) is 0 Å². The van der Waals surface area contributed by atoms with Crippen molar-refractivity contribution in [1.29, 1.82) is 0 Å². The molecule has 0 fully saturated rings. The normalized spacial score (nSPS) is 17.8. The minimum atomic E-state index is -0.345. The fourth-order valence-corrected chi connectivity index (χ4v) is 4.41. The van der Waals surface area contributed by atoms with E-state index < -0.39 is 0 Å². The maximum absolute atomic E-state index is 11.0. The topological polar surface area (TPSA) is 38.7 Å².